The number of rotatable bonds is 5. The van der Waals surface area contributed by atoms with Crippen molar-refractivity contribution in [3.8, 4) is 0 Å². The fourth-order valence-electron chi connectivity index (χ4n) is 3.19. The smallest absolute Gasteiger partial charge is 0.0981 e. The molecule has 0 amide bonds. The molecule has 0 aliphatic carbocycles. The summed E-state index contributed by atoms with van der Waals surface area (Å²) in [4.78, 5) is 0. The fourth-order valence-corrected chi connectivity index (χ4v) is 3.19. The predicted octanol–water partition coefficient (Wildman–Crippen LogP) is 3.75. The van der Waals surface area contributed by atoms with Crippen molar-refractivity contribution in [3.05, 3.63) is 35.4 Å². The molecule has 1 heterocycles. The summed E-state index contributed by atoms with van der Waals surface area (Å²) in [7, 11) is 0. The molecular weight excluding hydrogens is 262 g/mol. The van der Waals surface area contributed by atoms with E-state index in [1.54, 1.807) is 0 Å². The van der Waals surface area contributed by atoms with E-state index in [-0.39, 0.29) is 30.5 Å². The summed E-state index contributed by atoms with van der Waals surface area (Å²) < 4.78 is 12.2. The minimum atomic E-state index is -0.0290. The quantitative estimate of drug-likeness (QED) is 0.898. The molecule has 1 aromatic rings. The lowest BCUT2D eigenvalue weighted by Crippen LogP contribution is -2.38. The molecule has 1 fully saturated rings. The van der Waals surface area contributed by atoms with Gasteiger partial charge in [0.05, 0.1) is 24.4 Å². The van der Waals surface area contributed by atoms with Crippen LogP contribution in [0.5, 0.6) is 0 Å². The summed E-state index contributed by atoms with van der Waals surface area (Å²) >= 11 is 0. The standard InChI is InChI=1S/C18H29NO2/c1-5-17(19)18(16-9-7-6-8-12(16)2)21-15-10-13(3)20-14(4)11-15/h6-9,13-15,17-18H,5,10-11,19H2,1-4H3. The van der Waals surface area contributed by atoms with Crippen LogP contribution < -0.4 is 5.73 Å². The monoisotopic (exact) mass is 291 g/mol. The molecule has 1 aliphatic heterocycles. The van der Waals surface area contributed by atoms with E-state index in [0.29, 0.717) is 0 Å². The van der Waals surface area contributed by atoms with Crippen LogP contribution in [-0.4, -0.2) is 24.4 Å². The van der Waals surface area contributed by atoms with Gasteiger partial charge in [-0.05, 0) is 51.2 Å². The third-order valence-electron chi connectivity index (χ3n) is 4.35. The molecule has 1 aliphatic rings. The van der Waals surface area contributed by atoms with Crippen LogP contribution in [0, 0.1) is 6.92 Å². The highest BCUT2D eigenvalue weighted by molar-refractivity contribution is 5.28. The first-order chi connectivity index (χ1) is 10.0. The van der Waals surface area contributed by atoms with Crippen molar-refractivity contribution in [2.75, 3.05) is 0 Å². The number of hydrogen-bond acceptors (Lipinski definition) is 3. The lowest BCUT2D eigenvalue weighted by molar-refractivity contribution is -0.127. The van der Waals surface area contributed by atoms with E-state index in [1.807, 2.05) is 0 Å². The molecule has 1 aromatic carbocycles. The van der Waals surface area contributed by atoms with E-state index < -0.39 is 0 Å². The van der Waals surface area contributed by atoms with Crippen LogP contribution in [0.4, 0.5) is 0 Å². The van der Waals surface area contributed by atoms with Crippen molar-refractivity contribution in [2.24, 2.45) is 5.73 Å². The van der Waals surface area contributed by atoms with Gasteiger partial charge in [-0.3, -0.25) is 0 Å². The van der Waals surface area contributed by atoms with Gasteiger partial charge in [-0.25, -0.2) is 0 Å². The molecule has 0 bridgehead atoms. The largest absolute Gasteiger partial charge is 0.375 e. The zero-order valence-corrected chi connectivity index (χ0v) is 13.7. The Bertz CT molecular complexity index is 439. The fraction of sp³-hybridized carbons (Fsp3) is 0.667. The van der Waals surface area contributed by atoms with Gasteiger partial charge in [0.1, 0.15) is 0 Å². The Morgan fingerprint density at radius 2 is 1.86 bits per heavy atom. The molecular formula is C18H29NO2. The lowest BCUT2D eigenvalue weighted by atomic mass is 9.95. The molecule has 1 saturated heterocycles. The predicted molar refractivity (Wildman–Crippen MR) is 86.3 cm³/mol. The molecule has 2 N–H and O–H groups in total. The molecule has 0 saturated carbocycles. The van der Waals surface area contributed by atoms with E-state index in [9.17, 15) is 0 Å². The first kappa shape index (κ1) is 16.5. The highest BCUT2D eigenvalue weighted by Crippen LogP contribution is 2.31. The lowest BCUT2D eigenvalue weighted by Gasteiger charge is -2.36. The van der Waals surface area contributed by atoms with Gasteiger partial charge in [-0.1, -0.05) is 31.2 Å². The third-order valence-corrected chi connectivity index (χ3v) is 4.35. The summed E-state index contributed by atoms with van der Waals surface area (Å²) in [5, 5.41) is 0. The van der Waals surface area contributed by atoms with Crippen LogP contribution in [0.2, 0.25) is 0 Å². The van der Waals surface area contributed by atoms with Crippen molar-refractivity contribution >= 4 is 0 Å². The van der Waals surface area contributed by atoms with Gasteiger partial charge < -0.3 is 15.2 Å². The maximum atomic E-state index is 6.45. The van der Waals surface area contributed by atoms with Crippen LogP contribution in [0.25, 0.3) is 0 Å². The Balaban J connectivity index is 2.15. The summed E-state index contributed by atoms with van der Waals surface area (Å²) in [5.41, 5.74) is 8.82. The van der Waals surface area contributed by atoms with Crippen molar-refractivity contribution in [1.29, 1.82) is 0 Å². The van der Waals surface area contributed by atoms with Crippen molar-refractivity contribution in [3.63, 3.8) is 0 Å². The first-order valence-electron chi connectivity index (χ1n) is 8.13. The minimum Gasteiger partial charge on any atom is -0.375 e. The van der Waals surface area contributed by atoms with Gasteiger partial charge in [-0.2, -0.15) is 0 Å². The van der Waals surface area contributed by atoms with Gasteiger partial charge in [0.15, 0.2) is 0 Å². The molecule has 2 rings (SSSR count). The Labute approximate surface area is 128 Å². The molecule has 3 heteroatoms. The van der Waals surface area contributed by atoms with Gasteiger partial charge in [0, 0.05) is 6.04 Å². The summed E-state index contributed by atoms with van der Waals surface area (Å²) in [6.45, 7) is 8.49. The van der Waals surface area contributed by atoms with E-state index in [1.165, 1.54) is 11.1 Å². The number of nitrogens with two attached hydrogens (primary N) is 1. The van der Waals surface area contributed by atoms with Gasteiger partial charge in [-0.15, -0.1) is 0 Å². The molecule has 4 atom stereocenters. The Morgan fingerprint density at radius 3 is 2.43 bits per heavy atom. The van der Waals surface area contributed by atoms with Crippen LogP contribution in [0.15, 0.2) is 24.3 Å². The maximum Gasteiger partial charge on any atom is 0.0981 e. The Morgan fingerprint density at radius 1 is 1.24 bits per heavy atom. The Hall–Kier alpha value is -0.900. The average Bonchev–Trinajstić information content (AvgIpc) is 2.44. The molecule has 21 heavy (non-hydrogen) atoms. The van der Waals surface area contributed by atoms with Gasteiger partial charge >= 0.3 is 0 Å². The molecule has 0 aromatic heterocycles. The molecule has 3 nitrogen and oxygen atoms in total. The van der Waals surface area contributed by atoms with E-state index in [0.717, 1.165) is 19.3 Å². The average molecular weight is 291 g/mol. The third kappa shape index (κ3) is 4.29. The number of ether oxygens (including phenoxy) is 2. The van der Waals surface area contributed by atoms with Crippen molar-refractivity contribution in [1.82, 2.24) is 0 Å². The van der Waals surface area contributed by atoms with E-state index in [4.69, 9.17) is 15.2 Å². The second-order valence-corrected chi connectivity index (χ2v) is 6.34. The van der Waals surface area contributed by atoms with Crippen LogP contribution >= 0.6 is 0 Å². The topological polar surface area (TPSA) is 44.5 Å². The molecule has 4 unspecified atom stereocenters. The normalized spacial score (nSPS) is 29.1. The second kappa shape index (κ2) is 7.39. The number of benzene rings is 1. The molecule has 0 radical (unpaired) electrons. The van der Waals surface area contributed by atoms with Crippen molar-refractivity contribution in [2.45, 2.75) is 77.4 Å². The number of hydrogen-bond donors (Lipinski definition) is 1. The number of aryl methyl sites for hydroxylation is 1. The Kier molecular flexibility index (Phi) is 5.80. The summed E-state index contributed by atoms with van der Waals surface area (Å²) in [6.07, 6.45) is 3.52. The minimum absolute atomic E-state index is 0.0274. The van der Waals surface area contributed by atoms with E-state index >= 15 is 0 Å². The zero-order valence-electron chi connectivity index (χ0n) is 13.7. The molecule has 0 spiro atoms. The van der Waals surface area contributed by atoms with Crippen LogP contribution in [-0.2, 0) is 9.47 Å². The van der Waals surface area contributed by atoms with Gasteiger partial charge in [0.25, 0.3) is 0 Å². The summed E-state index contributed by atoms with van der Waals surface area (Å²) in [5.74, 6) is 0. The SMILES string of the molecule is CCC(N)C(OC1CC(C)OC(C)C1)c1ccccc1C. The van der Waals surface area contributed by atoms with E-state index in [2.05, 4.69) is 52.0 Å². The second-order valence-electron chi connectivity index (χ2n) is 6.34. The summed E-state index contributed by atoms with van der Waals surface area (Å²) in [6, 6.07) is 8.42. The first-order valence-corrected chi connectivity index (χ1v) is 8.13. The zero-order chi connectivity index (χ0) is 15.4. The molecule has 118 valence electrons. The van der Waals surface area contributed by atoms with Crippen LogP contribution in [0.1, 0.15) is 57.3 Å². The highest BCUT2D eigenvalue weighted by Gasteiger charge is 2.30. The van der Waals surface area contributed by atoms with Gasteiger partial charge in [0.2, 0.25) is 0 Å². The maximum absolute atomic E-state index is 6.45. The van der Waals surface area contributed by atoms with Crippen LogP contribution in [0.3, 0.4) is 0 Å². The van der Waals surface area contributed by atoms with Crippen molar-refractivity contribution < 1.29 is 9.47 Å². The highest BCUT2D eigenvalue weighted by atomic mass is 16.5.